The van der Waals surface area contributed by atoms with Crippen molar-refractivity contribution in [3.05, 3.63) is 35.5 Å². The Labute approximate surface area is 110 Å². The largest absolute Gasteiger partial charge is 0.392 e. The zero-order chi connectivity index (χ0) is 14.4. The van der Waals surface area contributed by atoms with Crippen molar-refractivity contribution in [2.24, 2.45) is 0 Å². The summed E-state index contributed by atoms with van der Waals surface area (Å²) in [7, 11) is 3.21. The summed E-state index contributed by atoms with van der Waals surface area (Å²) in [6.45, 7) is 5.51. The van der Waals surface area contributed by atoms with Crippen LogP contribution in [0, 0.1) is 0 Å². The van der Waals surface area contributed by atoms with E-state index in [2.05, 4.69) is 9.47 Å². The summed E-state index contributed by atoms with van der Waals surface area (Å²) in [5.74, 6) is 0. The Morgan fingerprint density at radius 3 is 2.11 bits per heavy atom. The maximum absolute atomic E-state index is 10.1. The fourth-order valence-electron chi connectivity index (χ4n) is 0.699. The van der Waals surface area contributed by atoms with Crippen molar-refractivity contribution < 1.29 is 19.4 Å². The number of allylic oxidation sites excluding steroid dienone is 5. The van der Waals surface area contributed by atoms with E-state index in [1.165, 1.54) is 0 Å². The Hall–Kier alpha value is -1.23. The molecule has 0 heterocycles. The zero-order valence-electron chi connectivity index (χ0n) is 11.8. The topological polar surface area (TPSA) is 55.8 Å². The molecule has 0 saturated carbocycles. The van der Waals surface area contributed by atoms with E-state index in [0.717, 1.165) is 11.9 Å². The molecule has 0 aromatic carbocycles. The molecular weight excluding hydrogens is 232 g/mol. The minimum atomic E-state index is -0.0648. The van der Waals surface area contributed by atoms with Crippen molar-refractivity contribution in [3.8, 4) is 0 Å². The molecule has 0 aromatic rings. The second-order valence-corrected chi connectivity index (χ2v) is 3.56. The van der Waals surface area contributed by atoms with E-state index >= 15 is 0 Å². The summed E-state index contributed by atoms with van der Waals surface area (Å²) in [4.78, 5) is 10.1. The number of aliphatic hydroxyl groups excluding tert-OH is 1. The highest BCUT2D eigenvalue weighted by molar-refractivity contribution is 5.72. The molecule has 0 amide bonds. The summed E-state index contributed by atoms with van der Waals surface area (Å²) in [5, 5.41) is 8.51. The fourth-order valence-corrected chi connectivity index (χ4v) is 0.699. The van der Waals surface area contributed by atoms with Gasteiger partial charge in [0, 0.05) is 14.2 Å². The molecule has 0 spiro atoms. The molecule has 1 N–H and O–H groups in total. The molecule has 0 aliphatic rings. The van der Waals surface area contributed by atoms with E-state index in [0.29, 0.717) is 5.57 Å². The van der Waals surface area contributed by atoms with Gasteiger partial charge >= 0.3 is 0 Å². The summed E-state index contributed by atoms with van der Waals surface area (Å²) >= 11 is 0. The normalized spacial score (nSPS) is 12.6. The fraction of sp³-hybridized carbons (Fsp3) is 0.500. The van der Waals surface area contributed by atoms with Gasteiger partial charge in [-0.1, -0.05) is 29.9 Å². The lowest BCUT2D eigenvalue weighted by Crippen LogP contribution is -2.05. The number of ether oxygens (including phenoxy) is 2. The van der Waals surface area contributed by atoms with Gasteiger partial charge in [-0.25, -0.2) is 0 Å². The molecule has 0 unspecified atom stereocenters. The van der Waals surface area contributed by atoms with Gasteiger partial charge in [0.05, 0.1) is 6.61 Å². The monoisotopic (exact) mass is 256 g/mol. The lowest BCUT2D eigenvalue weighted by molar-refractivity contribution is -0.104. The van der Waals surface area contributed by atoms with Crippen LogP contribution < -0.4 is 0 Å². The highest BCUT2D eigenvalue weighted by Gasteiger charge is 1.88. The van der Waals surface area contributed by atoms with Crippen LogP contribution in [0.5, 0.6) is 0 Å². The lowest BCUT2D eigenvalue weighted by Gasteiger charge is -2.03. The second kappa shape index (κ2) is 13.8. The van der Waals surface area contributed by atoms with E-state index in [4.69, 9.17) is 5.11 Å². The third-order valence-electron chi connectivity index (χ3n) is 1.98. The van der Waals surface area contributed by atoms with Gasteiger partial charge in [-0.2, -0.15) is 0 Å². The third kappa shape index (κ3) is 14.8. The van der Waals surface area contributed by atoms with Crippen molar-refractivity contribution in [2.75, 3.05) is 20.8 Å². The van der Waals surface area contributed by atoms with E-state index < -0.39 is 0 Å². The Morgan fingerprint density at radius 1 is 1.22 bits per heavy atom. The van der Waals surface area contributed by atoms with Gasteiger partial charge in [-0.05, 0) is 26.3 Å². The predicted octanol–water partition coefficient (Wildman–Crippen LogP) is 2.25. The third-order valence-corrected chi connectivity index (χ3v) is 1.98. The molecule has 0 bridgehead atoms. The van der Waals surface area contributed by atoms with Crippen LogP contribution in [-0.2, 0) is 14.3 Å². The lowest BCUT2D eigenvalue weighted by atomic mass is 10.2. The number of hydrogen-bond donors (Lipinski definition) is 1. The van der Waals surface area contributed by atoms with Crippen molar-refractivity contribution >= 4 is 6.29 Å². The number of rotatable bonds is 6. The number of carbonyl (C=O) groups is 1. The van der Waals surface area contributed by atoms with Gasteiger partial charge in [0.15, 0.2) is 6.29 Å². The van der Waals surface area contributed by atoms with E-state index in [-0.39, 0.29) is 12.9 Å². The van der Waals surface area contributed by atoms with Crippen molar-refractivity contribution in [2.45, 2.75) is 27.1 Å². The van der Waals surface area contributed by atoms with Crippen molar-refractivity contribution in [3.63, 3.8) is 0 Å². The van der Waals surface area contributed by atoms with Crippen LogP contribution in [0.4, 0.5) is 0 Å². The second-order valence-electron chi connectivity index (χ2n) is 3.56. The molecule has 0 atom stereocenters. The highest BCUT2D eigenvalue weighted by Crippen LogP contribution is 1.95. The molecule has 0 radical (unpaired) electrons. The van der Waals surface area contributed by atoms with Gasteiger partial charge in [-0.3, -0.25) is 4.79 Å². The average Bonchev–Trinajstić information content (AvgIpc) is 2.38. The van der Waals surface area contributed by atoms with Gasteiger partial charge < -0.3 is 14.6 Å². The van der Waals surface area contributed by atoms with Gasteiger partial charge in [0.25, 0.3) is 0 Å². The number of methoxy groups -OCH3 is 2. The Balaban J connectivity index is 0. The minimum absolute atomic E-state index is 0.0482. The van der Waals surface area contributed by atoms with Crippen molar-refractivity contribution in [1.82, 2.24) is 0 Å². The van der Waals surface area contributed by atoms with E-state index in [9.17, 15) is 4.79 Å². The first kappa shape index (κ1) is 19.1. The smallest absolute Gasteiger partial charge is 0.154 e. The quantitative estimate of drug-likeness (QED) is 0.343. The van der Waals surface area contributed by atoms with Crippen LogP contribution in [0.1, 0.15) is 20.8 Å². The average molecular weight is 256 g/mol. The van der Waals surface area contributed by atoms with Crippen LogP contribution >= 0.6 is 0 Å². The maximum atomic E-state index is 10.1. The molecule has 0 aliphatic carbocycles. The van der Waals surface area contributed by atoms with Crippen LogP contribution in [0.25, 0.3) is 0 Å². The molecule has 0 aliphatic heterocycles. The molecule has 0 fully saturated rings. The summed E-state index contributed by atoms with van der Waals surface area (Å²) in [5.41, 5.74) is 1.66. The molecule has 0 rings (SSSR count). The van der Waals surface area contributed by atoms with Crippen LogP contribution in [-0.4, -0.2) is 38.5 Å². The summed E-state index contributed by atoms with van der Waals surface area (Å²) in [6, 6.07) is 0. The van der Waals surface area contributed by atoms with Gasteiger partial charge in [-0.15, -0.1) is 0 Å². The number of carbonyl (C=O) groups excluding carboxylic acids is 1. The molecule has 104 valence electrons. The minimum Gasteiger partial charge on any atom is -0.392 e. The highest BCUT2D eigenvalue weighted by atomic mass is 16.7. The first-order chi connectivity index (χ1) is 8.51. The standard InChI is InChI=1S/C10H14O2.C4H10O2/c1-9(6-7-11)4-3-5-10(2)8-12;1-4(5-2)6-3/h3-6,8,11H,7H2,1-2H3;4H,1-3H3/b4-3+,9-6+,10-5+;. The molecule has 4 nitrogen and oxygen atoms in total. The Morgan fingerprint density at radius 2 is 1.78 bits per heavy atom. The maximum Gasteiger partial charge on any atom is 0.154 e. The Kier molecular flexibility index (Phi) is 14.7. The zero-order valence-corrected chi connectivity index (χ0v) is 11.8. The van der Waals surface area contributed by atoms with E-state index in [1.807, 2.05) is 19.9 Å². The summed E-state index contributed by atoms with van der Waals surface area (Å²) in [6.07, 6.45) is 7.77. The summed E-state index contributed by atoms with van der Waals surface area (Å²) < 4.78 is 9.35. The number of aldehydes is 1. The number of aliphatic hydroxyl groups is 1. The van der Waals surface area contributed by atoms with Crippen LogP contribution in [0.2, 0.25) is 0 Å². The molecular formula is C14H24O4. The van der Waals surface area contributed by atoms with Gasteiger partial charge in [0.2, 0.25) is 0 Å². The molecule has 4 heteroatoms. The molecule has 18 heavy (non-hydrogen) atoms. The van der Waals surface area contributed by atoms with Crippen LogP contribution in [0.15, 0.2) is 35.5 Å². The Bertz CT molecular complexity index is 286. The van der Waals surface area contributed by atoms with Gasteiger partial charge in [0.1, 0.15) is 6.29 Å². The first-order valence-corrected chi connectivity index (χ1v) is 5.65. The van der Waals surface area contributed by atoms with Crippen molar-refractivity contribution in [1.29, 1.82) is 0 Å². The van der Waals surface area contributed by atoms with E-state index in [1.54, 1.807) is 39.4 Å². The first-order valence-electron chi connectivity index (χ1n) is 5.65. The molecule has 0 saturated heterocycles. The predicted molar refractivity (Wildman–Crippen MR) is 73.3 cm³/mol. The van der Waals surface area contributed by atoms with Crippen LogP contribution in [0.3, 0.4) is 0 Å². The SMILES string of the molecule is COC(C)OC.C\C(C=O)=C/C=C/C(C)=C/CO. The number of hydrogen-bond acceptors (Lipinski definition) is 4. The molecule has 0 aromatic heterocycles.